The van der Waals surface area contributed by atoms with Crippen molar-refractivity contribution in [2.75, 3.05) is 0 Å². The van der Waals surface area contributed by atoms with E-state index in [1.54, 1.807) is 0 Å². The van der Waals surface area contributed by atoms with Crippen LogP contribution in [0, 0.1) is 3.57 Å². The van der Waals surface area contributed by atoms with E-state index in [2.05, 4.69) is 77.2 Å². The average molecular weight is 357 g/mol. The Labute approximate surface area is 126 Å². The molecule has 0 saturated heterocycles. The maximum Gasteiger partial charge on any atom is 0.0842 e. The third-order valence-corrected chi connectivity index (χ3v) is 3.81. The van der Waals surface area contributed by atoms with Crippen LogP contribution in [0.4, 0.5) is 0 Å². The standard InChI is InChI=1S/C17H12IN/c18-16-8-4-7-14-10-12-15(19-17(14)16)11-9-13-5-2-1-3-6-13/h1-12H/b11-9+. The lowest BCUT2D eigenvalue weighted by Crippen LogP contribution is -1.85. The Morgan fingerprint density at radius 2 is 1.63 bits per heavy atom. The maximum atomic E-state index is 4.70. The Bertz CT molecular complexity index is 733. The summed E-state index contributed by atoms with van der Waals surface area (Å²) in [5.41, 5.74) is 3.24. The van der Waals surface area contributed by atoms with Gasteiger partial charge in [0.25, 0.3) is 0 Å². The van der Waals surface area contributed by atoms with Gasteiger partial charge in [-0.25, -0.2) is 4.98 Å². The first-order valence-corrected chi connectivity index (χ1v) is 7.19. The summed E-state index contributed by atoms with van der Waals surface area (Å²) in [5, 5.41) is 1.18. The van der Waals surface area contributed by atoms with E-state index < -0.39 is 0 Å². The summed E-state index contributed by atoms with van der Waals surface area (Å²) in [4.78, 5) is 4.70. The second-order valence-corrected chi connectivity index (χ2v) is 5.45. The van der Waals surface area contributed by atoms with Gasteiger partial charge in [-0.2, -0.15) is 0 Å². The molecule has 1 heterocycles. The predicted octanol–water partition coefficient (Wildman–Crippen LogP) is 5.01. The minimum atomic E-state index is 0.987. The highest BCUT2D eigenvalue weighted by atomic mass is 127. The van der Waals surface area contributed by atoms with Gasteiger partial charge in [0.05, 0.1) is 11.2 Å². The molecule has 0 aliphatic carbocycles. The molecule has 0 saturated carbocycles. The SMILES string of the molecule is Ic1cccc2ccc(/C=C/c3ccccc3)nc12. The molecular formula is C17H12IN. The molecule has 0 bridgehead atoms. The van der Waals surface area contributed by atoms with E-state index in [1.165, 1.54) is 14.5 Å². The molecule has 0 radical (unpaired) electrons. The van der Waals surface area contributed by atoms with E-state index in [1.807, 2.05) is 18.2 Å². The number of halogens is 1. The van der Waals surface area contributed by atoms with Crippen molar-refractivity contribution in [3.8, 4) is 0 Å². The summed E-state index contributed by atoms with van der Waals surface area (Å²) in [6.07, 6.45) is 4.14. The van der Waals surface area contributed by atoms with Gasteiger partial charge in [0.1, 0.15) is 0 Å². The monoisotopic (exact) mass is 357 g/mol. The van der Waals surface area contributed by atoms with Crippen molar-refractivity contribution in [3.05, 3.63) is 75.5 Å². The molecule has 3 rings (SSSR count). The Morgan fingerprint density at radius 1 is 0.789 bits per heavy atom. The summed E-state index contributed by atoms with van der Waals surface area (Å²) >= 11 is 2.33. The van der Waals surface area contributed by atoms with Gasteiger partial charge >= 0.3 is 0 Å². The van der Waals surface area contributed by atoms with Gasteiger partial charge in [-0.1, -0.05) is 54.6 Å². The largest absolute Gasteiger partial charge is 0.247 e. The first-order valence-electron chi connectivity index (χ1n) is 6.11. The fourth-order valence-electron chi connectivity index (χ4n) is 1.96. The van der Waals surface area contributed by atoms with Crippen molar-refractivity contribution in [1.29, 1.82) is 0 Å². The highest BCUT2D eigenvalue weighted by molar-refractivity contribution is 14.1. The molecule has 1 nitrogen and oxygen atoms in total. The van der Waals surface area contributed by atoms with Crippen LogP contribution in [0.15, 0.2) is 60.7 Å². The van der Waals surface area contributed by atoms with Crippen molar-refractivity contribution in [2.45, 2.75) is 0 Å². The number of benzene rings is 2. The van der Waals surface area contributed by atoms with E-state index in [0.717, 1.165) is 11.2 Å². The first kappa shape index (κ1) is 12.4. The zero-order valence-corrected chi connectivity index (χ0v) is 12.4. The van der Waals surface area contributed by atoms with Crippen LogP contribution >= 0.6 is 22.6 Å². The fourth-order valence-corrected chi connectivity index (χ4v) is 2.60. The van der Waals surface area contributed by atoms with Gasteiger partial charge < -0.3 is 0 Å². The van der Waals surface area contributed by atoms with Gasteiger partial charge in [0.15, 0.2) is 0 Å². The smallest absolute Gasteiger partial charge is 0.0842 e. The number of hydrogen-bond donors (Lipinski definition) is 0. The number of fused-ring (bicyclic) bond motifs is 1. The van der Waals surface area contributed by atoms with Crippen LogP contribution in [0.3, 0.4) is 0 Å². The number of aromatic nitrogens is 1. The van der Waals surface area contributed by atoms with E-state index in [-0.39, 0.29) is 0 Å². The number of rotatable bonds is 2. The highest BCUT2D eigenvalue weighted by Gasteiger charge is 1.99. The van der Waals surface area contributed by atoms with E-state index in [4.69, 9.17) is 4.98 Å². The second-order valence-electron chi connectivity index (χ2n) is 4.29. The number of para-hydroxylation sites is 1. The van der Waals surface area contributed by atoms with E-state index in [9.17, 15) is 0 Å². The Kier molecular flexibility index (Phi) is 3.60. The van der Waals surface area contributed by atoms with Gasteiger partial charge in [-0.05, 0) is 46.4 Å². The average Bonchev–Trinajstić information content (AvgIpc) is 2.47. The maximum absolute atomic E-state index is 4.70. The van der Waals surface area contributed by atoms with Gasteiger partial charge in [0, 0.05) is 8.96 Å². The molecule has 2 heteroatoms. The lowest BCUT2D eigenvalue weighted by Gasteiger charge is -2.01. The van der Waals surface area contributed by atoms with Gasteiger partial charge in [0.2, 0.25) is 0 Å². The van der Waals surface area contributed by atoms with Crippen LogP contribution in [0.1, 0.15) is 11.3 Å². The Balaban J connectivity index is 1.98. The molecule has 0 aliphatic rings. The van der Waals surface area contributed by atoms with Crippen molar-refractivity contribution >= 4 is 45.6 Å². The quantitative estimate of drug-likeness (QED) is 0.588. The molecule has 3 aromatic rings. The third-order valence-electron chi connectivity index (χ3n) is 2.94. The first-order chi connectivity index (χ1) is 9.33. The summed E-state index contributed by atoms with van der Waals surface area (Å²) in [5.74, 6) is 0. The normalized spacial score (nSPS) is 11.2. The van der Waals surface area contributed by atoms with Crippen LogP contribution in [0.2, 0.25) is 0 Å². The lowest BCUT2D eigenvalue weighted by atomic mass is 10.1. The number of nitrogens with zero attached hydrogens (tertiary/aromatic N) is 1. The Morgan fingerprint density at radius 3 is 2.47 bits per heavy atom. The van der Waals surface area contributed by atoms with Crippen molar-refractivity contribution in [1.82, 2.24) is 4.98 Å². The number of hydrogen-bond acceptors (Lipinski definition) is 1. The third kappa shape index (κ3) is 2.84. The van der Waals surface area contributed by atoms with Crippen molar-refractivity contribution < 1.29 is 0 Å². The molecule has 0 N–H and O–H groups in total. The molecule has 1 aromatic heterocycles. The van der Waals surface area contributed by atoms with Crippen LogP contribution < -0.4 is 0 Å². The minimum absolute atomic E-state index is 0.987. The zero-order valence-electron chi connectivity index (χ0n) is 10.3. The minimum Gasteiger partial charge on any atom is -0.247 e. The van der Waals surface area contributed by atoms with Crippen LogP contribution in [-0.2, 0) is 0 Å². The highest BCUT2D eigenvalue weighted by Crippen LogP contribution is 2.19. The molecule has 0 amide bonds. The van der Waals surface area contributed by atoms with Crippen LogP contribution in [-0.4, -0.2) is 4.98 Å². The topological polar surface area (TPSA) is 12.9 Å². The predicted molar refractivity (Wildman–Crippen MR) is 89.8 cm³/mol. The molecule has 92 valence electrons. The molecule has 0 unspecified atom stereocenters. The van der Waals surface area contributed by atoms with Crippen LogP contribution in [0.5, 0.6) is 0 Å². The van der Waals surface area contributed by atoms with Gasteiger partial charge in [-0.3, -0.25) is 0 Å². The number of pyridine rings is 1. The molecule has 0 aliphatic heterocycles. The summed E-state index contributed by atoms with van der Waals surface area (Å²) < 4.78 is 1.19. The summed E-state index contributed by atoms with van der Waals surface area (Å²) in [6.45, 7) is 0. The van der Waals surface area contributed by atoms with Gasteiger partial charge in [-0.15, -0.1) is 0 Å². The fraction of sp³-hybridized carbons (Fsp3) is 0. The van der Waals surface area contributed by atoms with E-state index >= 15 is 0 Å². The van der Waals surface area contributed by atoms with Crippen molar-refractivity contribution in [2.24, 2.45) is 0 Å². The molecule has 2 aromatic carbocycles. The molecule has 0 atom stereocenters. The molecule has 0 fully saturated rings. The summed E-state index contributed by atoms with van der Waals surface area (Å²) in [6, 6.07) is 20.7. The molecular weight excluding hydrogens is 345 g/mol. The zero-order chi connectivity index (χ0) is 13.1. The van der Waals surface area contributed by atoms with Crippen molar-refractivity contribution in [3.63, 3.8) is 0 Å². The Hall–Kier alpha value is -1.68. The molecule has 0 spiro atoms. The second kappa shape index (κ2) is 5.53. The molecule has 19 heavy (non-hydrogen) atoms. The summed E-state index contributed by atoms with van der Waals surface area (Å²) in [7, 11) is 0. The lowest BCUT2D eigenvalue weighted by molar-refractivity contribution is 1.36. The van der Waals surface area contributed by atoms with E-state index in [0.29, 0.717) is 0 Å². The van der Waals surface area contributed by atoms with Crippen LogP contribution in [0.25, 0.3) is 23.1 Å².